The van der Waals surface area contributed by atoms with Crippen LogP contribution in [0, 0.1) is 0 Å². The Kier molecular flexibility index (Phi) is 4.90. The summed E-state index contributed by atoms with van der Waals surface area (Å²) in [6.45, 7) is 3.06. The van der Waals surface area contributed by atoms with Gasteiger partial charge in [-0.25, -0.2) is 4.98 Å². The number of aromatic nitrogens is 2. The zero-order valence-electron chi connectivity index (χ0n) is 15.9. The van der Waals surface area contributed by atoms with Gasteiger partial charge in [-0.15, -0.1) is 0 Å². The van der Waals surface area contributed by atoms with E-state index < -0.39 is 5.60 Å². The van der Waals surface area contributed by atoms with E-state index >= 15 is 0 Å². The molecule has 0 aromatic carbocycles. The molecule has 2 aromatic heterocycles. The molecule has 0 amide bonds. The second-order valence-electron chi connectivity index (χ2n) is 8.00. The molecule has 4 heterocycles. The lowest BCUT2D eigenvalue weighted by Crippen LogP contribution is -2.49. The summed E-state index contributed by atoms with van der Waals surface area (Å²) in [5, 5.41) is 11.0. The van der Waals surface area contributed by atoms with E-state index in [0.717, 1.165) is 42.8 Å². The maximum Gasteiger partial charge on any atom is 0.152 e. The van der Waals surface area contributed by atoms with Crippen molar-refractivity contribution in [3.63, 3.8) is 0 Å². The number of fused-ring (bicyclic) bond motifs is 1. The van der Waals surface area contributed by atoms with Gasteiger partial charge in [0.05, 0.1) is 22.9 Å². The number of aliphatic hydroxyl groups is 1. The Morgan fingerprint density at radius 1 is 1.31 bits per heavy atom. The average Bonchev–Trinajstić information content (AvgIpc) is 3.10. The van der Waals surface area contributed by atoms with E-state index in [2.05, 4.69) is 38.7 Å². The predicted molar refractivity (Wildman–Crippen MR) is 103 cm³/mol. The van der Waals surface area contributed by atoms with Gasteiger partial charge in [0, 0.05) is 59.1 Å². The summed E-state index contributed by atoms with van der Waals surface area (Å²) < 4.78 is 7.62. The summed E-state index contributed by atoms with van der Waals surface area (Å²) in [7, 11) is 4.09. The van der Waals surface area contributed by atoms with E-state index in [9.17, 15) is 5.11 Å². The third-order valence-electron chi connectivity index (χ3n) is 5.81. The lowest BCUT2D eigenvalue weighted by Gasteiger charge is -2.42. The Morgan fingerprint density at radius 3 is 2.88 bits per heavy atom. The van der Waals surface area contributed by atoms with Crippen molar-refractivity contribution < 1.29 is 9.84 Å². The maximum atomic E-state index is 11.0. The molecule has 1 N–H and O–H groups in total. The SMILES string of the molecule is CN(C)c1nc([C@@H]2CCCCN2CC2(O)CCOCC2)cn2cccc12. The van der Waals surface area contributed by atoms with Crippen LogP contribution in [0.2, 0.25) is 0 Å². The van der Waals surface area contributed by atoms with E-state index in [-0.39, 0.29) is 6.04 Å². The molecule has 0 unspecified atom stereocenters. The number of piperidine rings is 1. The minimum absolute atomic E-state index is 0.265. The third-order valence-corrected chi connectivity index (χ3v) is 5.81. The third kappa shape index (κ3) is 3.46. The van der Waals surface area contributed by atoms with Crippen LogP contribution in [0.3, 0.4) is 0 Å². The molecule has 6 nitrogen and oxygen atoms in total. The second kappa shape index (κ2) is 7.18. The number of likely N-dealkylation sites (tertiary alicyclic amines) is 1. The van der Waals surface area contributed by atoms with Gasteiger partial charge >= 0.3 is 0 Å². The summed E-state index contributed by atoms with van der Waals surface area (Å²) in [5.74, 6) is 1.00. The van der Waals surface area contributed by atoms with E-state index in [1.165, 1.54) is 12.8 Å². The second-order valence-corrected chi connectivity index (χ2v) is 8.00. The van der Waals surface area contributed by atoms with Crippen LogP contribution in [-0.2, 0) is 4.74 Å². The van der Waals surface area contributed by atoms with E-state index in [4.69, 9.17) is 9.72 Å². The molecule has 2 aliphatic rings. The quantitative estimate of drug-likeness (QED) is 0.910. The molecular weight excluding hydrogens is 328 g/mol. The molecule has 1 atom stereocenters. The molecule has 26 heavy (non-hydrogen) atoms. The van der Waals surface area contributed by atoms with Gasteiger partial charge in [-0.3, -0.25) is 4.90 Å². The minimum Gasteiger partial charge on any atom is -0.388 e. The molecule has 0 radical (unpaired) electrons. The summed E-state index contributed by atoms with van der Waals surface area (Å²) >= 11 is 0. The molecule has 142 valence electrons. The first-order chi connectivity index (χ1) is 12.6. The first kappa shape index (κ1) is 17.8. The zero-order valence-corrected chi connectivity index (χ0v) is 15.9. The van der Waals surface area contributed by atoms with Gasteiger partial charge in [0.1, 0.15) is 0 Å². The number of anilines is 1. The molecule has 2 saturated heterocycles. The smallest absolute Gasteiger partial charge is 0.152 e. The standard InChI is InChI=1S/C20H30N4O2/c1-22(2)19-18-7-5-11-23(18)14-16(21-19)17-6-3-4-10-24(17)15-20(25)8-12-26-13-9-20/h5,7,11,14,17,25H,3-4,6,8-10,12-13,15H2,1-2H3/t17-/m0/s1. The summed E-state index contributed by atoms with van der Waals surface area (Å²) in [5.41, 5.74) is 1.60. The number of hydrogen-bond acceptors (Lipinski definition) is 5. The van der Waals surface area contributed by atoms with Crippen molar-refractivity contribution in [3.05, 3.63) is 30.2 Å². The topological polar surface area (TPSA) is 53.2 Å². The van der Waals surface area contributed by atoms with E-state index in [1.807, 2.05) is 14.1 Å². The number of hydrogen-bond donors (Lipinski definition) is 1. The Labute approximate surface area is 155 Å². The minimum atomic E-state index is -0.629. The Morgan fingerprint density at radius 2 is 2.12 bits per heavy atom. The summed E-state index contributed by atoms with van der Waals surface area (Å²) in [6, 6.07) is 4.44. The highest BCUT2D eigenvalue weighted by atomic mass is 16.5. The normalized spacial score (nSPS) is 24.0. The highest BCUT2D eigenvalue weighted by Crippen LogP contribution is 2.34. The van der Waals surface area contributed by atoms with Gasteiger partial charge in [0.2, 0.25) is 0 Å². The first-order valence-electron chi connectivity index (χ1n) is 9.75. The van der Waals surface area contributed by atoms with Gasteiger partial charge in [0.25, 0.3) is 0 Å². The van der Waals surface area contributed by atoms with Crippen molar-refractivity contribution in [2.24, 2.45) is 0 Å². The fourth-order valence-electron chi connectivity index (χ4n) is 4.34. The number of rotatable bonds is 4. The summed E-state index contributed by atoms with van der Waals surface area (Å²) in [6.07, 6.45) is 9.21. The Hall–Kier alpha value is -1.63. The fourth-order valence-corrected chi connectivity index (χ4v) is 4.34. The molecule has 2 aromatic rings. The van der Waals surface area contributed by atoms with Crippen LogP contribution >= 0.6 is 0 Å². The molecule has 0 aliphatic carbocycles. The van der Waals surface area contributed by atoms with Crippen LogP contribution in [0.15, 0.2) is 24.5 Å². The monoisotopic (exact) mass is 358 g/mol. The highest BCUT2D eigenvalue weighted by Gasteiger charge is 2.36. The van der Waals surface area contributed by atoms with Gasteiger partial charge in [-0.05, 0) is 31.5 Å². The van der Waals surface area contributed by atoms with Crippen molar-refractivity contribution >= 4 is 11.3 Å². The van der Waals surface area contributed by atoms with Crippen LogP contribution in [-0.4, -0.2) is 65.4 Å². The fraction of sp³-hybridized carbons (Fsp3) is 0.650. The number of nitrogens with zero attached hydrogens (tertiary/aromatic N) is 4. The maximum absolute atomic E-state index is 11.0. The summed E-state index contributed by atoms with van der Waals surface area (Å²) in [4.78, 5) is 9.55. The van der Waals surface area contributed by atoms with E-state index in [1.54, 1.807) is 0 Å². The molecule has 2 aliphatic heterocycles. The predicted octanol–water partition coefficient (Wildman–Crippen LogP) is 2.47. The molecule has 2 fully saturated rings. The molecule has 4 rings (SSSR count). The average molecular weight is 358 g/mol. The van der Waals surface area contributed by atoms with Crippen molar-refractivity contribution in [2.75, 3.05) is 45.3 Å². The van der Waals surface area contributed by atoms with Crippen LogP contribution in [0.25, 0.3) is 5.52 Å². The Balaban J connectivity index is 1.64. The van der Waals surface area contributed by atoms with Crippen LogP contribution in [0.5, 0.6) is 0 Å². The molecule has 0 bridgehead atoms. The number of ether oxygens (including phenoxy) is 1. The molecular formula is C20H30N4O2. The highest BCUT2D eigenvalue weighted by molar-refractivity contribution is 5.69. The van der Waals surface area contributed by atoms with Crippen molar-refractivity contribution in [2.45, 2.75) is 43.7 Å². The van der Waals surface area contributed by atoms with Crippen molar-refractivity contribution in [1.29, 1.82) is 0 Å². The van der Waals surface area contributed by atoms with Crippen molar-refractivity contribution in [3.8, 4) is 0 Å². The van der Waals surface area contributed by atoms with Crippen molar-refractivity contribution in [1.82, 2.24) is 14.3 Å². The molecule has 0 spiro atoms. The Bertz CT molecular complexity index is 751. The largest absolute Gasteiger partial charge is 0.388 e. The van der Waals surface area contributed by atoms with Gasteiger partial charge in [0.15, 0.2) is 5.82 Å². The van der Waals surface area contributed by atoms with Gasteiger partial charge in [-0.1, -0.05) is 6.42 Å². The molecule has 6 heteroatoms. The van der Waals surface area contributed by atoms with Crippen LogP contribution < -0.4 is 4.90 Å². The van der Waals surface area contributed by atoms with Gasteiger partial charge < -0.3 is 19.1 Å². The lowest BCUT2D eigenvalue weighted by molar-refractivity contribution is -0.0889. The lowest BCUT2D eigenvalue weighted by atomic mass is 9.90. The molecule has 0 saturated carbocycles. The van der Waals surface area contributed by atoms with Gasteiger partial charge in [-0.2, -0.15) is 0 Å². The van der Waals surface area contributed by atoms with Crippen LogP contribution in [0.1, 0.15) is 43.8 Å². The number of β-amino-alcohol motifs (C(OH)–C–C–N with tert-alkyl or cyclic N) is 1. The first-order valence-corrected chi connectivity index (χ1v) is 9.75. The zero-order chi connectivity index (χ0) is 18.1. The van der Waals surface area contributed by atoms with Crippen LogP contribution in [0.4, 0.5) is 5.82 Å². The van der Waals surface area contributed by atoms with E-state index in [0.29, 0.717) is 19.8 Å².